The number of halogens is 1. The fraction of sp³-hybridized carbons (Fsp3) is 0.133. The van der Waals surface area contributed by atoms with Gasteiger partial charge in [-0.15, -0.1) is 11.6 Å². The minimum absolute atomic E-state index is 0.111. The predicted molar refractivity (Wildman–Crippen MR) is 81.9 cm³/mol. The third kappa shape index (κ3) is 4.03. The van der Waals surface area contributed by atoms with E-state index in [2.05, 4.69) is 5.32 Å². The van der Waals surface area contributed by atoms with E-state index in [9.17, 15) is 14.9 Å². The van der Waals surface area contributed by atoms with Crippen LogP contribution < -0.4 is 5.32 Å². The molecule has 0 fully saturated rings. The molecule has 6 heteroatoms. The fourth-order valence-electron chi connectivity index (χ4n) is 1.83. The van der Waals surface area contributed by atoms with Gasteiger partial charge in [0.25, 0.3) is 11.6 Å². The van der Waals surface area contributed by atoms with Crippen LogP contribution in [0.25, 0.3) is 0 Å². The molecular weight excluding hydrogens is 292 g/mol. The summed E-state index contributed by atoms with van der Waals surface area (Å²) < 4.78 is 0. The third-order valence-electron chi connectivity index (χ3n) is 2.91. The normalized spacial score (nSPS) is 10.1. The van der Waals surface area contributed by atoms with Crippen molar-refractivity contribution in [2.24, 2.45) is 0 Å². The van der Waals surface area contributed by atoms with Crippen LogP contribution in [0.4, 0.5) is 11.4 Å². The van der Waals surface area contributed by atoms with E-state index in [4.69, 9.17) is 11.6 Å². The molecule has 0 unspecified atom stereocenters. The zero-order valence-corrected chi connectivity index (χ0v) is 11.8. The van der Waals surface area contributed by atoms with Crippen molar-refractivity contribution in [1.29, 1.82) is 0 Å². The summed E-state index contributed by atoms with van der Waals surface area (Å²) in [7, 11) is 0. The molecule has 0 aromatic heterocycles. The van der Waals surface area contributed by atoms with Gasteiger partial charge < -0.3 is 5.32 Å². The van der Waals surface area contributed by atoms with Gasteiger partial charge in [-0.1, -0.05) is 18.2 Å². The van der Waals surface area contributed by atoms with Crippen LogP contribution in [0.5, 0.6) is 0 Å². The number of nitro groups is 1. The Bertz CT molecular complexity index is 656. The van der Waals surface area contributed by atoms with Crippen LogP contribution in [-0.4, -0.2) is 16.7 Å². The number of hydrogen-bond acceptors (Lipinski definition) is 3. The zero-order chi connectivity index (χ0) is 15.2. The molecule has 0 aliphatic carbocycles. The summed E-state index contributed by atoms with van der Waals surface area (Å²) in [5.41, 5.74) is 1.84. The minimum Gasteiger partial charge on any atom is -0.322 e. The van der Waals surface area contributed by atoms with Crippen molar-refractivity contribution < 1.29 is 9.72 Å². The number of anilines is 1. The van der Waals surface area contributed by atoms with Crippen molar-refractivity contribution in [3.05, 3.63) is 69.8 Å². The Balaban J connectivity index is 2.10. The van der Waals surface area contributed by atoms with Gasteiger partial charge in [-0.3, -0.25) is 14.9 Å². The van der Waals surface area contributed by atoms with Gasteiger partial charge in [-0.05, 0) is 30.2 Å². The van der Waals surface area contributed by atoms with E-state index < -0.39 is 4.92 Å². The van der Waals surface area contributed by atoms with Gasteiger partial charge in [0.15, 0.2) is 0 Å². The molecule has 0 radical (unpaired) electrons. The maximum absolute atomic E-state index is 12.0. The van der Waals surface area contributed by atoms with Crippen molar-refractivity contribution in [2.45, 2.75) is 6.42 Å². The van der Waals surface area contributed by atoms with E-state index >= 15 is 0 Å². The second-order valence-electron chi connectivity index (χ2n) is 4.40. The molecule has 0 saturated heterocycles. The molecule has 0 atom stereocenters. The monoisotopic (exact) mass is 304 g/mol. The van der Waals surface area contributed by atoms with Crippen LogP contribution in [0.1, 0.15) is 15.9 Å². The number of nitrogens with one attached hydrogen (secondary N) is 1. The van der Waals surface area contributed by atoms with Gasteiger partial charge in [-0.2, -0.15) is 0 Å². The van der Waals surface area contributed by atoms with Gasteiger partial charge in [-0.25, -0.2) is 0 Å². The number of nitrogens with zero attached hydrogens (tertiary/aromatic N) is 1. The number of benzene rings is 2. The highest BCUT2D eigenvalue weighted by molar-refractivity contribution is 6.18. The second-order valence-corrected chi connectivity index (χ2v) is 4.78. The highest BCUT2D eigenvalue weighted by Crippen LogP contribution is 2.16. The summed E-state index contributed by atoms with van der Waals surface area (Å²) >= 11 is 5.66. The van der Waals surface area contributed by atoms with Gasteiger partial charge in [0.2, 0.25) is 0 Å². The van der Waals surface area contributed by atoms with Gasteiger partial charge in [0.1, 0.15) is 0 Å². The Morgan fingerprint density at radius 3 is 2.52 bits per heavy atom. The first-order chi connectivity index (χ1) is 10.1. The first-order valence-corrected chi connectivity index (χ1v) is 6.84. The number of hydrogen-bond donors (Lipinski definition) is 1. The quantitative estimate of drug-likeness (QED) is 0.521. The number of amides is 1. The number of non-ortho nitro benzene ring substituents is 1. The smallest absolute Gasteiger partial charge is 0.270 e. The average Bonchev–Trinajstić information content (AvgIpc) is 2.49. The van der Waals surface area contributed by atoms with Crippen LogP contribution in [0.3, 0.4) is 0 Å². The minimum atomic E-state index is -0.530. The molecule has 0 bridgehead atoms. The molecule has 108 valence electrons. The summed E-state index contributed by atoms with van der Waals surface area (Å²) in [6.45, 7) is 0. The molecular formula is C15H13ClN2O3. The summed E-state index contributed by atoms with van der Waals surface area (Å²) in [4.78, 5) is 22.2. The number of alkyl halides is 1. The molecule has 2 rings (SSSR count). The van der Waals surface area contributed by atoms with E-state index in [-0.39, 0.29) is 17.2 Å². The van der Waals surface area contributed by atoms with Crippen LogP contribution in [0.2, 0.25) is 0 Å². The molecule has 0 aliphatic heterocycles. The summed E-state index contributed by atoms with van der Waals surface area (Å²) in [6, 6.07) is 12.9. The predicted octanol–water partition coefficient (Wildman–Crippen LogP) is 3.63. The lowest BCUT2D eigenvalue weighted by Gasteiger charge is -2.06. The number of rotatable bonds is 5. The number of carbonyl (C=O) groups is 1. The average molecular weight is 305 g/mol. The fourth-order valence-corrected chi connectivity index (χ4v) is 2.05. The molecule has 2 aromatic carbocycles. The van der Waals surface area contributed by atoms with Gasteiger partial charge >= 0.3 is 0 Å². The summed E-state index contributed by atoms with van der Waals surface area (Å²) in [5, 5.41) is 13.4. The molecule has 1 amide bonds. The maximum Gasteiger partial charge on any atom is 0.270 e. The van der Waals surface area contributed by atoms with Crippen molar-refractivity contribution in [3.63, 3.8) is 0 Å². The van der Waals surface area contributed by atoms with Crippen LogP contribution in [0.15, 0.2) is 48.5 Å². The summed E-state index contributed by atoms with van der Waals surface area (Å²) in [5.74, 6) is 0.156. The molecule has 0 spiro atoms. The number of aryl methyl sites for hydroxylation is 1. The lowest BCUT2D eigenvalue weighted by molar-refractivity contribution is -0.384. The summed E-state index contributed by atoms with van der Waals surface area (Å²) in [6.07, 6.45) is 0.765. The SMILES string of the molecule is O=C(Nc1ccc(CCCl)cc1)c1cccc([N+](=O)[O-])c1. The standard InChI is InChI=1S/C15H13ClN2O3/c16-9-8-11-4-6-13(7-5-11)17-15(19)12-2-1-3-14(10-12)18(20)21/h1-7,10H,8-9H2,(H,17,19). The molecule has 0 aliphatic rings. The van der Waals surface area contributed by atoms with Crippen molar-refractivity contribution in [2.75, 3.05) is 11.2 Å². The highest BCUT2D eigenvalue weighted by Gasteiger charge is 2.11. The molecule has 1 N–H and O–H groups in total. The largest absolute Gasteiger partial charge is 0.322 e. The Hall–Kier alpha value is -2.40. The number of nitro benzene ring substituents is 1. The molecule has 0 heterocycles. The van der Waals surface area contributed by atoms with Crippen molar-refractivity contribution in [1.82, 2.24) is 0 Å². The van der Waals surface area contributed by atoms with Crippen LogP contribution in [-0.2, 0) is 6.42 Å². The van der Waals surface area contributed by atoms with E-state index in [1.807, 2.05) is 12.1 Å². The Morgan fingerprint density at radius 1 is 1.19 bits per heavy atom. The van der Waals surface area contributed by atoms with E-state index in [1.54, 1.807) is 12.1 Å². The topological polar surface area (TPSA) is 72.2 Å². The van der Waals surface area contributed by atoms with E-state index in [1.165, 1.54) is 24.3 Å². The second kappa shape index (κ2) is 6.85. The Morgan fingerprint density at radius 2 is 1.90 bits per heavy atom. The Kier molecular flexibility index (Phi) is 4.90. The maximum atomic E-state index is 12.0. The van der Waals surface area contributed by atoms with E-state index in [0.29, 0.717) is 11.6 Å². The number of carbonyl (C=O) groups excluding carboxylic acids is 1. The van der Waals surface area contributed by atoms with Crippen molar-refractivity contribution >= 4 is 28.9 Å². The third-order valence-corrected chi connectivity index (χ3v) is 3.10. The van der Waals surface area contributed by atoms with Gasteiger partial charge in [0.05, 0.1) is 4.92 Å². The molecule has 5 nitrogen and oxygen atoms in total. The van der Waals surface area contributed by atoms with Crippen molar-refractivity contribution in [3.8, 4) is 0 Å². The Labute approximate surface area is 126 Å². The van der Waals surface area contributed by atoms with Crippen LogP contribution in [0, 0.1) is 10.1 Å². The van der Waals surface area contributed by atoms with Crippen LogP contribution >= 0.6 is 11.6 Å². The first-order valence-electron chi connectivity index (χ1n) is 6.31. The van der Waals surface area contributed by atoms with Gasteiger partial charge in [0, 0.05) is 29.3 Å². The molecule has 21 heavy (non-hydrogen) atoms. The first kappa shape index (κ1) is 15.0. The molecule has 0 saturated carbocycles. The lowest BCUT2D eigenvalue weighted by Crippen LogP contribution is -2.12. The van der Waals surface area contributed by atoms with E-state index in [0.717, 1.165) is 12.0 Å². The highest BCUT2D eigenvalue weighted by atomic mass is 35.5. The molecule has 2 aromatic rings. The zero-order valence-electron chi connectivity index (χ0n) is 11.1. The lowest BCUT2D eigenvalue weighted by atomic mass is 10.1.